The number of carbonyl (C=O) groups is 2. The van der Waals surface area contributed by atoms with E-state index >= 15 is 0 Å². The summed E-state index contributed by atoms with van der Waals surface area (Å²) in [6.07, 6.45) is 2.74. The second-order valence-electron chi connectivity index (χ2n) is 9.25. The zero-order valence-corrected chi connectivity index (χ0v) is 17.0. The Kier molecular flexibility index (Phi) is 4.11. The number of aromatic carboxylic acids is 1. The molecule has 156 valence electrons. The van der Waals surface area contributed by atoms with Gasteiger partial charge in [0.25, 0.3) is 0 Å². The van der Waals surface area contributed by atoms with E-state index in [4.69, 9.17) is 14.5 Å². The van der Waals surface area contributed by atoms with Crippen molar-refractivity contribution in [3.63, 3.8) is 0 Å². The quantitative estimate of drug-likeness (QED) is 0.763. The molecule has 1 spiro atoms. The Bertz CT molecular complexity index is 873. The van der Waals surface area contributed by atoms with Crippen LogP contribution in [-0.2, 0) is 19.3 Å². The maximum Gasteiger partial charge on any atom is 0.337 e. The van der Waals surface area contributed by atoms with Crippen molar-refractivity contribution < 1.29 is 29.2 Å². The van der Waals surface area contributed by atoms with Crippen molar-refractivity contribution in [2.24, 2.45) is 23.7 Å². The summed E-state index contributed by atoms with van der Waals surface area (Å²) in [7, 11) is 0. The van der Waals surface area contributed by atoms with E-state index < -0.39 is 23.6 Å². The fourth-order valence-corrected chi connectivity index (χ4v) is 6.17. The van der Waals surface area contributed by atoms with Gasteiger partial charge in [0.1, 0.15) is 0 Å². The van der Waals surface area contributed by atoms with Crippen molar-refractivity contribution in [1.82, 2.24) is 0 Å². The summed E-state index contributed by atoms with van der Waals surface area (Å²) >= 11 is 0. The van der Waals surface area contributed by atoms with Crippen molar-refractivity contribution >= 4 is 17.6 Å². The Hall–Kier alpha value is -1.96. The molecule has 1 N–H and O–H groups in total. The van der Waals surface area contributed by atoms with Crippen LogP contribution in [0.1, 0.15) is 56.8 Å². The molecule has 4 saturated heterocycles. The number of ether oxygens (including phenoxy) is 1. The number of para-hydroxylation sites is 1. The third kappa shape index (κ3) is 2.47. The van der Waals surface area contributed by atoms with E-state index in [9.17, 15) is 14.7 Å². The van der Waals surface area contributed by atoms with Crippen molar-refractivity contribution in [3.05, 3.63) is 29.8 Å². The Balaban J connectivity index is 1.72. The largest absolute Gasteiger partial charge is 0.478 e. The summed E-state index contributed by atoms with van der Waals surface area (Å²) < 4.78 is 6.46. The number of rotatable bonds is 2. The monoisotopic (exact) mass is 401 g/mol. The highest BCUT2D eigenvalue weighted by molar-refractivity contribution is 6.03. The highest BCUT2D eigenvalue weighted by Crippen LogP contribution is 2.60. The molecule has 1 aromatic carbocycles. The molecule has 6 rings (SSSR count). The topological polar surface area (TPSA) is 85.3 Å². The molecule has 2 bridgehead atoms. The number of benzene rings is 1. The summed E-state index contributed by atoms with van der Waals surface area (Å²) in [5.74, 6) is -1.93. The molecule has 0 radical (unpaired) electrons. The molecule has 7 heteroatoms. The summed E-state index contributed by atoms with van der Waals surface area (Å²) in [6.45, 7) is 5.98. The first-order chi connectivity index (χ1) is 13.8. The summed E-state index contributed by atoms with van der Waals surface area (Å²) in [5, 5.41) is 9.75. The van der Waals surface area contributed by atoms with Gasteiger partial charge in [-0.3, -0.25) is 9.69 Å². The van der Waals surface area contributed by atoms with Crippen molar-refractivity contribution in [3.8, 4) is 0 Å². The van der Waals surface area contributed by atoms with Gasteiger partial charge in [-0.2, -0.15) is 0 Å². The number of hydrogen-bond acceptors (Lipinski definition) is 5. The lowest BCUT2D eigenvalue weighted by atomic mass is 9.57. The Morgan fingerprint density at radius 1 is 1.14 bits per heavy atom. The van der Waals surface area contributed by atoms with Crippen molar-refractivity contribution in [2.75, 3.05) is 4.90 Å². The molecule has 7 nitrogen and oxygen atoms in total. The average molecular weight is 401 g/mol. The van der Waals surface area contributed by atoms with Crippen LogP contribution in [0.4, 0.5) is 5.69 Å². The fourth-order valence-electron chi connectivity index (χ4n) is 6.17. The molecule has 1 aromatic rings. The smallest absolute Gasteiger partial charge is 0.337 e. The number of hydrogen-bond donors (Lipinski definition) is 1. The Morgan fingerprint density at radius 2 is 1.90 bits per heavy atom. The first-order valence-corrected chi connectivity index (χ1v) is 10.5. The SMILES string of the molecule is C[C@@H]1CCC2[C@@H](C)C(=O)N(c3ccccc3C(=O)O)[C@@H]3O[C@]4(C)CCC1C23OO4. The van der Waals surface area contributed by atoms with Crippen LogP contribution < -0.4 is 4.90 Å². The van der Waals surface area contributed by atoms with Crippen LogP contribution in [0.25, 0.3) is 0 Å². The number of amides is 1. The minimum atomic E-state index is -1.07. The van der Waals surface area contributed by atoms with Gasteiger partial charge in [-0.15, -0.1) is 0 Å². The molecule has 3 unspecified atom stereocenters. The molecular weight excluding hydrogens is 374 g/mol. The lowest BCUT2D eigenvalue weighted by molar-refractivity contribution is -0.534. The summed E-state index contributed by atoms with van der Waals surface area (Å²) in [6, 6.07) is 6.61. The molecule has 0 aromatic heterocycles. The van der Waals surface area contributed by atoms with E-state index in [1.54, 1.807) is 23.1 Å². The maximum absolute atomic E-state index is 13.6. The van der Waals surface area contributed by atoms with E-state index in [-0.39, 0.29) is 29.2 Å². The minimum Gasteiger partial charge on any atom is -0.478 e. The van der Waals surface area contributed by atoms with Crippen molar-refractivity contribution in [2.45, 2.75) is 64.1 Å². The van der Waals surface area contributed by atoms with E-state index in [1.165, 1.54) is 6.07 Å². The third-order valence-electron chi connectivity index (χ3n) is 7.66. The summed E-state index contributed by atoms with van der Waals surface area (Å²) in [4.78, 5) is 39.1. The Morgan fingerprint density at radius 3 is 2.66 bits per heavy atom. The number of carbonyl (C=O) groups excluding carboxylic acids is 1. The zero-order chi connectivity index (χ0) is 20.6. The van der Waals surface area contributed by atoms with Crippen LogP contribution in [-0.4, -0.2) is 34.6 Å². The second-order valence-corrected chi connectivity index (χ2v) is 9.25. The lowest BCUT2D eigenvalue weighted by Gasteiger charge is -2.61. The predicted molar refractivity (Wildman–Crippen MR) is 103 cm³/mol. The van der Waals surface area contributed by atoms with Crippen LogP contribution >= 0.6 is 0 Å². The van der Waals surface area contributed by atoms with Gasteiger partial charge in [-0.25, -0.2) is 14.6 Å². The normalized spacial score (nSPS) is 43.6. The van der Waals surface area contributed by atoms with E-state index in [0.29, 0.717) is 18.0 Å². The predicted octanol–water partition coefficient (Wildman–Crippen LogP) is 3.58. The van der Waals surface area contributed by atoms with Gasteiger partial charge in [0.2, 0.25) is 11.7 Å². The van der Waals surface area contributed by atoms with Gasteiger partial charge in [0.05, 0.1) is 11.3 Å². The van der Waals surface area contributed by atoms with Crippen LogP contribution in [0.2, 0.25) is 0 Å². The van der Waals surface area contributed by atoms with E-state index in [0.717, 1.165) is 19.3 Å². The number of carboxylic acids is 1. The molecule has 4 heterocycles. The van der Waals surface area contributed by atoms with Crippen LogP contribution in [0.5, 0.6) is 0 Å². The molecular formula is C22H27NO6. The van der Waals surface area contributed by atoms with Crippen LogP contribution in [0, 0.1) is 23.7 Å². The molecule has 4 aliphatic heterocycles. The molecule has 5 aliphatic rings. The second kappa shape index (κ2) is 6.27. The standard InChI is InChI=1S/C22H27NO6/c1-12-8-9-16-13(2)18(24)23(17-7-5-4-6-14(17)19(25)26)20-22(16)15(12)10-11-21(3,27-20)28-29-22/h4-7,12-13,15-16,20H,8-11H2,1-3H3,(H,25,26)/t12-,13-,15?,16?,20-,21+,22?/m1/s1. The molecule has 1 aliphatic carbocycles. The first kappa shape index (κ1) is 19.0. The van der Waals surface area contributed by atoms with Gasteiger partial charge < -0.3 is 9.84 Å². The van der Waals surface area contributed by atoms with E-state index in [1.807, 2.05) is 13.8 Å². The van der Waals surface area contributed by atoms with Gasteiger partial charge >= 0.3 is 5.97 Å². The molecule has 7 atom stereocenters. The van der Waals surface area contributed by atoms with Crippen molar-refractivity contribution in [1.29, 1.82) is 0 Å². The molecule has 1 amide bonds. The first-order valence-electron chi connectivity index (χ1n) is 10.5. The van der Waals surface area contributed by atoms with E-state index in [2.05, 4.69) is 6.92 Å². The Labute approximate surface area is 169 Å². The number of carboxylic acid groups (broad SMARTS) is 1. The van der Waals surface area contributed by atoms with Gasteiger partial charge in [-0.1, -0.05) is 26.0 Å². The zero-order valence-electron chi connectivity index (χ0n) is 17.0. The van der Waals surface area contributed by atoms with Crippen LogP contribution in [0.3, 0.4) is 0 Å². The number of fused-ring (bicyclic) bond motifs is 2. The molecule has 1 saturated carbocycles. The van der Waals surface area contributed by atoms with Gasteiger partial charge in [0, 0.05) is 18.3 Å². The average Bonchev–Trinajstić information content (AvgIpc) is 2.93. The maximum atomic E-state index is 13.6. The van der Waals surface area contributed by atoms with Gasteiger partial charge in [-0.05, 0) is 50.2 Å². The third-order valence-corrected chi connectivity index (χ3v) is 7.66. The van der Waals surface area contributed by atoms with Gasteiger partial charge in [0.15, 0.2) is 11.8 Å². The minimum absolute atomic E-state index is 0.0305. The number of piperidine rings is 1. The molecule has 5 fully saturated rings. The number of nitrogens with zero attached hydrogens (tertiary/aromatic N) is 1. The lowest BCUT2D eigenvalue weighted by Crippen LogP contribution is -2.75. The number of anilines is 1. The summed E-state index contributed by atoms with van der Waals surface area (Å²) in [5.41, 5.74) is -0.364. The molecule has 29 heavy (non-hydrogen) atoms. The fraction of sp³-hybridized carbons (Fsp3) is 0.636. The highest BCUT2D eigenvalue weighted by Gasteiger charge is 2.70. The van der Waals surface area contributed by atoms with Crippen LogP contribution in [0.15, 0.2) is 24.3 Å². The highest BCUT2D eigenvalue weighted by atomic mass is 17.3.